The van der Waals surface area contributed by atoms with Crippen LogP contribution in [-0.4, -0.2) is 7.28 Å². The molecule has 1 aliphatic heterocycles. The summed E-state index contributed by atoms with van der Waals surface area (Å²) >= 11 is 0. The van der Waals surface area contributed by atoms with E-state index in [1.807, 2.05) is 0 Å². The first kappa shape index (κ1) is 41.6. The molecule has 3 nitrogen and oxygen atoms in total. The molecule has 1 heterocycles. The number of nitrogens with one attached hydrogen (secondary N) is 1. The largest absolute Gasteiger partial charge is 0.355 e. The van der Waals surface area contributed by atoms with Gasteiger partial charge in [0, 0.05) is 51.1 Å². The van der Waals surface area contributed by atoms with Crippen LogP contribution in [0, 0.1) is 6.92 Å². The highest BCUT2D eigenvalue weighted by atomic mass is 15.2. The number of hydrogen-bond acceptors (Lipinski definition) is 3. The van der Waals surface area contributed by atoms with Gasteiger partial charge >= 0.3 is 0 Å². The molecule has 0 aliphatic carbocycles. The molecule has 12 rings (SSSR count). The zero-order valence-corrected chi connectivity index (χ0v) is 38.4. The van der Waals surface area contributed by atoms with Crippen LogP contribution < -0.4 is 26.0 Å². The fraction of sp³-hybridized carbons (Fsp3) is 0.0154. The molecule has 0 bridgehead atoms. The number of anilines is 8. The first-order valence-electron chi connectivity index (χ1n) is 23.8. The minimum Gasteiger partial charge on any atom is -0.355 e. The van der Waals surface area contributed by atoms with Crippen LogP contribution in [0.3, 0.4) is 0 Å². The molecule has 0 unspecified atom stereocenters. The second-order valence-electron chi connectivity index (χ2n) is 17.9. The third-order valence-electron chi connectivity index (χ3n) is 13.6. The number of nitrogens with zero attached hydrogens (tertiary/aromatic N) is 2. The van der Waals surface area contributed by atoms with Crippen LogP contribution in [0.1, 0.15) is 5.56 Å². The van der Waals surface area contributed by atoms with Gasteiger partial charge in [0.25, 0.3) is 0 Å². The molecule has 0 radical (unpaired) electrons. The Morgan fingerprint density at radius 1 is 0.391 bits per heavy atom. The zero-order chi connectivity index (χ0) is 46.1. The van der Waals surface area contributed by atoms with Crippen molar-refractivity contribution in [3.8, 4) is 44.5 Å². The molecule has 0 aromatic heterocycles. The third kappa shape index (κ3) is 8.02. The summed E-state index contributed by atoms with van der Waals surface area (Å²) in [6, 6.07) is 94.5. The molecular weight excluding hydrogens is 834 g/mol. The van der Waals surface area contributed by atoms with E-state index in [0.29, 0.717) is 0 Å². The highest BCUT2D eigenvalue weighted by Crippen LogP contribution is 2.46. The van der Waals surface area contributed by atoms with Gasteiger partial charge in [-0.25, -0.2) is 0 Å². The van der Waals surface area contributed by atoms with Crippen molar-refractivity contribution in [3.05, 3.63) is 266 Å². The van der Waals surface area contributed by atoms with Gasteiger partial charge in [0.15, 0.2) is 7.28 Å². The van der Waals surface area contributed by atoms with Gasteiger partial charge in [0.1, 0.15) is 0 Å². The average molecular weight is 882 g/mol. The number of fused-ring (bicyclic) bond motifs is 3. The van der Waals surface area contributed by atoms with Crippen molar-refractivity contribution in [2.24, 2.45) is 0 Å². The lowest BCUT2D eigenvalue weighted by molar-refractivity contribution is 1.24. The zero-order valence-electron chi connectivity index (χ0n) is 38.4. The van der Waals surface area contributed by atoms with Gasteiger partial charge in [-0.3, -0.25) is 0 Å². The van der Waals surface area contributed by atoms with Crippen molar-refractivity contribution in [2.45, 2.75) is 6.92 Å². The smallest absolute Gasteiger partial charge is 0.198 e. The van der Waals surface area contributed by atoms with E-state index >= 15 is 0 Å². The quantitative estimate of drug-likeness (QED) is 0.138. The lowest BCUT2D eigenvalue weighted by Gasteiger charge is -2.37. The molecule has 326 valence electrons. The minimum absolute atomic E-state index is 0.755. The van der Waals surface area contributed by atoms with Crippen LogP contribution in [0.25, 0.3) is 55.3 Å². The predicted molar refractivity (Wildman–Crippen MR) is 296 cm³/mol. The van der Waals surface area contributed by atoms with Crippen molar-refractivity contribution >= 4 is 74.5 Å². The Kier molecular flexibility index (Phi) is 10.9. The first-order chi connectivity index (χ1) is 34.1. The Morgan fingerprint density at radius 3 is 1.54 bits per heavy atom. The van der Waals surface area contributed by atoms with E-state index in [9.17, 15) is 0 Å². The Morgan fingerprint density at radius 2 is 0.913 bits per heavy atom. The summed E-state index contributed by atoms with van der Waals surface area (Å²) in [5, 5.41) is 6.37. The number of para-hydroxylation sites is 2. The van der Waals surface area contributed by atoms with Crippen molar-refractivity contribution in [1.29, 1.82) is 0 Å². The SMILES string of the molecule is Cc1cc(-c2ccccc2)ccc1N1c2cc(N(c3ccccc3)c3ccccc3)ccc2Bc2c1cc1ccccc1c2-c1ccc(-c2ccccc2)cc1Nc1ccc(-c2ccccc2)cc1. The van der Waals surface area contributed by atoms with Crippen LogP contribution in [0.15, 0.2) is 261 Å². The molecule has 0 spiro atoms. The number of benzene rings is 11. The number of rotatable bonds is 10. The summed E-state index contributed by atoms with van der Waals surface area (Å²) in [7, 11) is 0.755. The molecule has 69 heavy (non-hydrogen) atoms. The lowest BCUT2D eigenvalue weighted by Crippen LogP contribution is -2.41. The Hall–Kier alpha value is -8.86. The minimum atomic E-state index is 0.755. The first-order valence-corrected chi connectivity index (χ1v) is 23.8. The molecule has 0 fully saturated rings. The van der Waals surface area contributed by atoms with E-state index in [1.165, 1.54) is 72.0 Å². The van der Waals surface area contributed by atoms with Crippen molar-refractivity contribution in [1.82, 2.24) is 0 Å². The summed E-state index contributed by atoms with van der Waals surface area (Å²) in [6.07, 6.45) is 0. The molecule has 11 aromatic carbocycles. The van der Waals surface area contributed by atoms with Crippen molar-refractivity contribution in [3.63, 3.8) is 0 Å². The van der Waals surface area contributed by atoms with Crippen LogP contribution in [0.5, 0.6) is 0 Å². The summed E-state index contributed by atoms with van der Waals surface area (Å²) in [5.74, 6) is 0. The third-order valence-corrected chi connectivity index (χ3v) is 13.6. The van der Waals surface area contributed by atoms with Gasteiger partial charge in [-0.2, -0.15) is 0 Å². The van der Waals surface area contributed by atoms with E-state index in [2.05, 4.69) is 283 Å². The highest BCUT2D eigenvalue weighted by Gasteiger charge is 2.31. The van der Waals surface area contributed by atoms with Crippen molar-refractivity contribution in [2.75, 3.05) is 15.1 Å². The summed E-state index contributed by atoms with van der Waals surface area (Å²) in [6.45, 7) is 2.26. The molecule has 0 saturated heterocycles. The van der Waals surface area contributed by atoms with Gasteiger partial charge in [-0.15, -0.1) is 0 Å². The van der Waals surface area contributed by atoms with Gasteiger partial charge in [0.05, 0.1) is 0 Å². The topological polar surface area (TPSA) is 18.5 Å². The molecule has 1 aliphatic rings. The second kappa shape index (κ2) is 18.1. The standard InChI is InChI=1S/C65H48BN3/c1-45-41-50(47-21-9-3-10-22-47)34-40-61(45)69-62-44-56(68(54-26-13-5-14-27-54)55-28-15-6-16-29-55)37-39-59(62)66-65-63(69)43-52-25-17-18-30-57(52)64(65)58-38-33-51(48-23-11-4-12-24-48)42-60(58)67-53-35-31-49(32-36-53)46-19-7-2-8-20-46/h2-44,66-67H,1H3. The second-order valence-corrected chi connectivity index (χ2v) is 17.9. The van der Waals surface area contributed by atoms with Crippen molar-refractivity contribution < 1.29 is 0 Å². The maximum atomic E-state index is 3.96. The molecular formula is C65H48BN3. The molecule has 0 saturated carbocycles. The number of hydrogen-bond donors (Lipinski definition) is 1. The van der Waals surface area contributed by atoms with Crippen LogP contribution >= 0.6 is 0 Å². The van der Waals surface area contributed by atoms with Gasteiger partial charge in [-0.1, -0.05) is 194 Å². The van der Waals surface area contributed by atoms with E-state index in [1.54, 1.807) is 0 Å². The molecule has 4 heteroatoms. The monoisotopic (exact) mass is 881 g/mol. The Labute approximate surface area is 405 Å². The lowest BCUT2D eigenvalue weighted by atomic mass is 9.57. The Balaban J connectivity index is 1.07. The summed E-state index contributed by atoms with van der Waals surface area (Å²) < 4.78 is 0. The maximum absolute atomic E-state index is 3.96. The normalized spacial score (nSPS) is 11.6. The maximum Gasteiger partial charge on any atom is 0.198 e. The molecule has 1 N–H and O–H groups in total. The van der Waals surface area contributed by atoms with Gasteiger partial charge < -0.3 is 15.1 Å². The van der Waals surface area contributed by atoms with E-state index in [0.717, 1.165) is 52.5 Å². The molecule has 0 amide bonds. The van der Waals surface area contributed by atoms with E-state index in [4.69, 9.17) is 0 Å². The fourth-order valence-electron chi connectivity index (χ4n) is 10.2. The fourth-order valence-corrected chi connectivity index (χ4v) is 10.2. The predicted octanol–water partition coefficient (Wildman–Crippen LogP) is 16.2. The molecule has 11 aromatic rings. The van der Waals surface area contributed by atoms with Crippen LogP contribution in [-0.2, 0) is 0 Å². The summed E-state index contributed by atoms with van der Waals surface area (Å²) in [5.41, 5.74) is 22.2. The average Bonchev–Trinajstić information content (AvgIpc) is 3.41. The van der Waals surface area contributed by atoms with Crippen LogP contribution in [0.4, 0.5) is 45.5 Å². The van der Waals surface area contributed by atoms with Gasteiger partial charge in [0.2, 0.25) is 0 Å². The van der Waals surface area contributed by atoms with E-state index in [-0.39, 0.29) is 0 Å². The Bertz CT molecular complexity index is 3560. The van der Waals surface area contributed by atoms with E-state index < -0.39 is 0 Å². The van der Waals surface area contributed by atoms with Crippen LogP contribution in [0.2, 0.25) is 0 Å². The van der Waals surface area contributed by atoms with Gasteiger partial charge in [-0.05, 0) is 140 Å². The number of aryl methyl sites for hydroxylation is 1. The highest BCUT2D eigenvalue weighted by molar-refractivity contribution is 6.73. The summed E-state index contributed by atoms with van der Waals surface area (Å²) in [4.78, 5) is 4.91. The molecule has 0 atom stereocenters.